The average molecular weight is 253 g/mol. The van der Waals surface area contributed by atoms with Gasteiger partial charge in [0.15, 0.2) is 0 Å². The molecule has 0 atom stereocenters. The Hall–Kier alpha value is -1.39. The second-order valence-electron chi connectivity index (χ2n) is 3.52. The van der Waals surface area contributed by atoms with Crippen LogP contribution in [0.2, 0.25) is 0 Å². The van der Waals surface area contributed by atoms with Gasteiger partial charge < -0.3 is 9.84 Å². The molecule has 90 valence electrons. The smallest absolute Gasteiger partial charge is 0.224 e. The maximum Gasteiger partial charge on any atom is 0.224 e. The summed E-state index contributed by atoms with van der Waals surface area (Å²) in [5.74, 6) is 1.32. The van der Waals surface area contributed by atoms with Crippen molar-refractivity contribution in [2.24, 2.45) is 0 Å². The largest absolute Gasteiger partial charge is 0.477 e. The first-order chi connectivity index (χ1) is 8.35. The molecule has 0 fully saturated rings. The van der Waals surface area contributed by atoms with E-state index in [4.69, 9.17) is 21.4 Å². The van der Waals surface area contributed by atoms with E-state index >= 15 is 0 Å². The summed E-state index contributed by atoms with van der Waals surface area (Å²) in [7, 11) is 0. The molecule has 1 aromatic carbocycles. The maximum absolute atomic E-state index is 8.72. The van der Waals surface area contributed by atoms with Crippen molar-refractivity contribution in [3.05, 3.63) is 30.1 Å². The number of hydrogen-bond donors (Lipinski definition) is 1. The third-order valence-corrected chi connectivity index (χ3v) is 2.51. The molecule has 0 radical (unpaired) electrons. The molecular weight excluding hydrogens is 240 g/mol. The minimum atomic E-state index is 0.103. The van der Waals surface area contributed by atoms with E-state index in [0.717, 1.165) is 10.9 Å². The molecule has 2 rings (SSSR count). The molecule has 4 nitrogen and oxygen atoms in total. The summed E-state index contributed by atoms with van der Waals surface area (Å²) < 4.78 is 5.53. The Balaban J connectivity index is 2.36. The van der Waals surface area contributed by atoms with Gasteiger partial charge in [-0.2, -0.15) is 4.98 Å². The van der Waals surface area contributed by atoms with Gasteiger partial charge in [-0.3, -0.25) is 0 Å². The van der Waals surface area contributed by atoms with Crippen molar-refractivity contribution < 1.29 is 9.84 Å². The topological polar surface area (TPSA) is 55.2 Å². The number of aliphatic hydroxyl groups is 1. The quantitative estimate of drug-likeness (QED) is 0.654. The molecule has 0 aliphatic carbocycles. The maximum atomic E-state index is 8.72. The van der Waals surface area contributed by atoms with Crippen LogP contribution in [0.15, 0.2) is 24.3 Å². The van der Waals surface area contributed by atoms with E-state index in [1.165, 1.54) is 0 Å². The number of hydrogen-bond acceptors (Lipinski definition) is 4. The van der Waals surface area contributed by atoms with E-state index < -0.39 is 0 Å². The summed E-state index contributed by atoms with van der Waals surface area (Å²) in [6, 6.07) is 7.61. The van der Waals surface area contributed by atoms with Gasteiger partial charge in [0.1, 0.15) is 5.82 Å². The minimum absolute atomic E-state index is 0.103. The lowest BCUT2D eigenvalue weighted by Gasteiger charge is -2.08. The van der Waals surface area contributed by atoms with Crippen molar-refractivity contribution in [3.8, 4) is 5.88 Å². The number of aromatic nitrogens is 2. The molecule has 0 spiro atoms. The highest BCUT2D eigenvalue weighted by Gasteiger charge is 2.07. The lowest BCUT2D eigenvalue weighted by molar-refractivity contribution is 0.230. The van der Waals surface area contributed by atoms with E-state index in [-0.39, 0.29) is 12.5 Å². The lowest BCUT2D eigenvalue weighted by Crippen LogP contribution is -2.04. The second-order valence-corrected chi connectivity index (χ2v) is 3.79. The van der Waals surface area contributed by atoms with E-state index in [0.29, 0.717) is 24.7 Å². The molecule has 17 heavy (non-hydrogen) atoms. The standard InChI is InChI=1S/C12H13ClN2O2/c13-8-11-14-10-5-2-1-4-9(10)12(15-11)17-7-3-6-16/h1-2,4-5,16H,3,6-8H2. The summed E-state index contributed by atoms with van der Waals surface area (Å²) >= 11 is 5.74. The molecule has 5 heteroatoms. The van der Waals surface area contributed by atoms with Crippen LogP contribution < -0.4 is 4.74 Å². The summed E-state index contributed by atoms with van der Waals surface area (Å²) in [4.78, 5) is 8.55. The summed E-state index contributed by atoms with van der Waals surface area (Å²) in [5.41, 5.74) is 0.817. The number of alkyl halides is 1. The van der Waals surface area contributed by atoms with Crippen LogP contribution in [0, 0.1) is 0 Å². The third-order valence-electron chi connectivity index (χ3n) is 2.28. The van der Waals surface area contributed by atoms with Crippen LogP contribution in [0.4, 0.5) is 0 Å². The predicted octanol–water partition coefficient (Wildman–Crippen LogP) is 2.13. The zero-order valence-electron chi connectivity index (χ0n) is 9.27. The molecule has 1 aromatic heterocycles. The molecule has 1 N–H and O–H groups in total. The fourth-order valence-corrected chi connectivity index (χ4v) is 1.62. The fourth-order valence-electron chi connectivity index (χ4n) is 1.50. The second kappa shape index (κ2) is 5.80. The Morgan fingerprint density at radius 2 is 2.06 bits per heavy atom. The first kappa shape index (κ1) is 12.1. The first-order valence-corrected chi connectivity index (χ1v) is 5.94. The van der Waals surface area contributed by atoms with Crippen molar-refractivity contribution >= 4 is 22.5 Å². The monoisotopic (exact) mass is 252 g/mol. The Bertz CT molecular complexity index is 505. The Morgan fingerprint density at radius 3 is 2.82 bits per heavy atom. The number of ether oxygens (including phenoxy) is 1. The first-order valence-electron chi connectivity index (χ1n) is 5.40. The van der Waals surface area contributed by atoms with Gasteiger partial charge >= 0.3 is 0 Å². The number of aliphatic hydroxyl groups excluding tert-OH is 1. The molecule has 0 amide bonds. The number of para-hydroxylation sites is 1. The van der Waals surface area contributed by atoms with E-state index in [2.05, 4.69) is 9.97 Å². The van der Waals surface area contributed by atoms with Crippen LogP contribution in [-0.2, 0) is 5.88 Å². The van der Waals surface area contributed by atoms with Crippen molar-refractivity contribution in [2.75, 3.05) is 13.2 Å². The van der Waals surface area contributed by atoms with Gasteiger partial charge in [-0.15, -0.1) is 11.6 Å². The molecule has 0 saturated heterocycles. The SMILES string of the molecule is OCCCOc1nc(CCl)nc2ccccc12. The van der Waals surface area contributed by atoms with Crippen LogP contribution in [0.5, 0.6) is 5.88 Å². The summed E-state index contributed by atoms with van der Waals surface area (Å²) in [6.07, 6.45) is 0.578. The Labute approximate surface area is 104 Å². The highest BCUT2D eigenvalue weighted by molar-refractivity contribution is 6.16. The molecule has 0 unspecified atom stereocenters. The Morgan fingerprint density at radius 1 is 1.24 bits per heavy atom. The van der Waals surface area contributed by atoms with Crippen molar-refractivity contribution in [1.29, 1.82) is 0 Å². The van der Waals surface area contributed by atoms with Crippen LogP contribution in [0.1, 0.15) is 12.2 Å². The molecule has 1 heterocycles. The molecule has 0 aliphatic rings. The minimum Gasteiger partial charge on any atom is -0.477 e. The van der Waals surface area contributed by atoms with Crippen molar-refractivity contribution in [2.45, 2.75) is 12.3 Å². The average Bonchev–Trinajstić information content (AvgIpc) is 2.38. The van der Waals surface area contributed by atoms with E-state index in [1.807, 2.05) is 24.3 Å². The normalized spacial score (nSPS) is 10.7. The molecule has 0 bridgehead atoms. The number of benzene rings is 1. The van der Waals surface area contributed by atoms with Gasteiger partial charge in [-0.25, -0.2) is 4.98 Å². The molecule has 2 aromatic rings. The van der Waals surface area contributed by atoms with Gasteiger partial charge in [-0.1, -0.05) is 12.1 Å². The van der Waals surface area contributed by atoms with Gasteiger partial charge in [-0.05, 0) is 12.1 Å². The number of nitrogens with zero attached hydrogens (tertiary/aromatic N) is 2. The molecule has 0 aliphatic heterocycles. The van der Waals surface area contributed by atoms with Crippen LogP contribution >= 0.6 is 11.6 Å². The number of fused-ring (bicyclic) bond motifs is 1. The van der Waals surface area contributed by atoms with Gasteiger partial charge in [0.05, 0.1) is 23.4 Å². The molecule has 0 saturated carbocycles. The fraction of sp³-hybridized carbons (Fsp3) is 0.333. The van der Waals surface area contributed by atoms with Crippen molar-refractivity contribution in [3.63, 3.8) is 0 Å². The predicted molar refractivity (Wildman–Crippen MR) is 66.3 cm³/mol. The number of halogens is 1. The van der Waals surface area contributed by atoms with Gasteiger partial charge in [0, 0.05) is 13.0 Å². The molecular formula is C12H13ClN2O2. The van der Waals surface area contributed by atoms with Crippen LogP contribution in [-0.4, -0.2) is 28.3 Å². The van der Waals surface area contributed by atoms with Crippen LogP contribution in [0.3, 0.4) is 0 Å². The van der Waals surface area contributed by atoms with Gasteiger partial charge in [0.25, 0.3) is 0 Å². The Kier molecular flexibility index (Phi) is 4.12. The summed E-state index contributed by atoms with van der Waals surface area (Å²) in [6.45, 7) is 0.532. The lowest BCUT2D eigenvalue weighted by atomic mass is 10.2. The summed E-state index contributed by atoms with van der Waals surface area (Å²) in [5, 5.41) is 9.58. The van der Waals surface area contributed by atoms with Gasteiger partial charge in [0.2, 0.25) is 5.88 Å². The third kappa shape index (κ3) is 2.84. The zero-order valence-corrected chi connectivity index (χ0v) is 10.0. The van der Waals surface area contributed by atoms with Crippen molar-refractivity contribution in [1.82, 2.24) is 9.97 Å². The van der Waals surface area contributed by atoms with E-state index in [1.54, 1.807) is 0 Å². The number of rotatable bonds is 5. The van der Waals surface area contributed by atoms with E-state index in [9.17, 15) is 0 Å². The van der Waals surface area contributed by atoms with Crippen LogP contribution in [0.25, 0.3) is 10.9 Å². The zero-order chi connectivity index (χ0) is 12.1. The highest BCUT2D eigenvalue weighted by Crippen LogP contribution is 2.22. The highest BCUT2D eigenvalue weighted by atomic mass is 35.5.